The van der Waals surface area contributed by atoms with Crippen LogP contribution >= 0.6 is 0 Å². The Kier molecular flexibility index (Phi) is 5.90. The molecule has 0 bridgehead atoms. The fourth-order valence-corrected chi connectivity index (χ4v) is 2.75. The Morgan fingerprint density at radius 2 is 2.07 bits per heavy atom. The number of hydrogen-bond acceptors (Lipinski definition) is 5. The molecular formula is C20H24N4O3. The van der Waals surface area contributed by atoms with E-state index in [0.29, 0.717) is 29.5 Å². The summed E-state index contributed by atoms with van der Waals surface area (Å²) in [5, 5.41) is 11.3. The summed E-state index contributed by atoms with van der Waals surface area (Å²) in [4.78, 5) is 12.7. The van der Waals surface area contributed by atoms with E-state index in [1.165, 1.54) is 0 Å². The number of hydrogen-bond donors (Lipinski definition) is 1. The summed E-state index contributed by atoms with van der Waals surface area (Å²) in [6.45, 7) is 4.60. The molecule has 27 heavy (non-hydrogen) atoms. The number of nitrogens with one attached hydrogen (secondary N) is 1. The predicted octanol–water partition coefficient (Wildman–Crippen LogP) is 3.41. The van der Waals surface area contributed by atoms with Gasteiger partial charge in [-0.15, -0.1) is 10.2 Å². The molecule has 3 aromatic rings. The molecule has 0 saturated carbocycles. The minimum absolute atomic E-state index is 0.214. The summed E-state index contributed by atoms with van der Waals surface area (Å²) in [5.41, 5.74) is 1.24. The highest BCUT2D eigenvalue weighted by Crippen LogP contribution is 2.28. The second-order valence-electron chi connectivity index (χ2n) is 6.25. The molecule has 3 rings (SSSR count). The van der Waals surface area contributed by atoms with Gasteiger partial charge in [-0.3, -0.25) is 9.20 Å². The number of aromatic nitrogens is 3. The highest BCUT2D eigenvalue weighted by molar-refractivity contribution is 5.95. The molecule has 7 nitrogen and oxygen atoms in total. The zero-order chi connectivity index (χ0) is 19.2. The first-order valence-electron chi connectivity index (χ1n) is 9.05. The van der Waals surface area contributed by atoms with Gasteiger partial charge in [-0.05, 0) is 43.7 Å². The number of methoxy groups -OCH3 is 1. The molecule has 1 aromatic carbocycles. The number of rotatable bonds is 8. The van der Waals surface area contributed by atoms with E-state index < -0.39 is 0 Å². The molecular weight excluding hydrogens is 344 g/mol. The van der Waals surface area contributed by atoms with Crippen molar-refractivity contribution in [1.29, 1.82) is 0 Å². The Balaban J connectivity index is 1.73. The number of benzene rings is 1. The summed E-state index contributed by atoms with van der Waals surface area (Å²) < 4.78 is 12.9. The van der Waals surface area contributed by atoms with Crippen LogP contribution in [0.2, 0.25) is 0 Å². The molecule has 1 amide bonds. The first-order chi connectivity index (χ1) is 13.1. The number of fused-ring (bicyclic) bond motifs is 1. The maximum atomic E-state index is 12.7. The molecule has 1 unspecified atom stereocenters. The van der Waals surface area contributed by atoms with Crippen LogP contribution in [0.1, 0.15) is 48.9 Å². The van der Waals surface area contributed by atoms with Crippen molar-refractivity contribution in [2.24, 2.45) is 0 Å². The van der Waals surface area contributed by atoms with Crippen molar-refractivity contribution in [3.8, 4) is 11.5 Å². The molecule has 2 heterocycles. The van der Waals surface area contributed by atoms with Crippen LogP contribution in [0.25, 0.3) is 5.65 Å². The van der Waals surface area contributed by atoms with Crippen LogP contribution in [-0.4, -0.2) is 34.2 Å². The quantitative estimate of drug-likeness (QED) is 0.617. The van der Waals surface area contributed by atoms with Crippen molar-refractivity contribution >= 4 is 11.6 Å². The maximum absolute atomic E-state index is 12.7. The Bertz CT molecular complexity index is 922. The van der Waals surface area contributed by atoms with Gasteiger partial charge in [0.1, 0.15) is 0 Å². The largest absolute Gasteiger partial charge is 0.493 e. The van der Waals surface area contributed by atoms with E-state index in [4.69, 9.17) is 9.47 Å². The molecule has 7 heteroatoms. The van der Waals surface area contributed by atoms with Crippen LogP contribution in [0.5, 0.6) is 11.5 Å². The van der Waals surface area contributed by atoms with Crippen LogP contribution in [0.15, 0.2) is 42.6 Å². The number of amides is 1. The first-order valence-corrected chi connectivity index (χ1v) is 9.05. The molecule has 0 aliphatic carbocycles. The zero-order valence-corrected chi connectivity index (χ0v) is 15.8. The summed E-state index contributed by atoms with van der Waals surface area (Å²) in [6.07, 6.45) is 3.89. The molecule has 0 aliphatic rings. The van der Waals surface area contributed by atoms with Gasteiger partial charge in [0.25, 0.3) is 5.91 Å². The smallest absolute Gasteiger partial charge is 0.252 e. The summed E-state index contributed by atoms with van der Waals surface area (Å²) in [5.74, 6) is 1.64. The SMILES string of the molecule is CCCCOc1ccc(C(=O)NC(C)c2nnc3ccccn23)cc1OC. The fraction of sp³-hybridized carbons (Fsp3) is 0.350. The van der Waals surface area contributed by atoms with Crippen molar-refractivity contribution in [2.75, 3.05) is 13.7 Å². The second kappa shape index (κ2) is 8.53. The third-order valence-electron chi connectivity index (χ3n) is 4.26. The van der Waals surface area contributed by atoms with Gasteiger partial charge in [-0.25, -0.2) is 0 Å². The third kappa shape index (κ3) is 4.19. The molecule has 0 saturated heterocycles. The van der Waals surface area contributed by atoms with E-state index in [2.05, 4.69) is 22.4 Å². The molecule has 0 radical (unpaired) electrons. The molecule has 2 aromatic heterocycles. The second-order valence-corrected chi connectivity index (χ2v) is 6.25. The number of nitrogens with zero attached hydrogens (tertiary/aromatic N) is 3. The van der Waals surface area contributed by atoms with Crippen LogP contribution in [-0.2, 0) is 0 Å². The van der Waals surface area contributed by atoms with Gasteiger partial charge in [0, 0.05) is 11.8 Å². The van der Waals surface area contributed by atoms with Crippen molar-refractivity contribution < 1.29 is 14.3 Å². The van der Waals surface area contributed by atoms with E-state index in [0.717, 1.165) is 18.5 Å². The zero-order valence-electron chi connectivity index (χ0n) is 15.8. The monoisotopic (exact) mass is 368 g/mol. The van der Waals surface area contributed by atoms with Crippen molar-refractivity contribution in [1.82, 2.24) is 19.9 Å². The molecule has 142 valence electrons. The lowest BCUT2D eigenvalue weighted by atomic mass is 10.1. The van der Waals surface area contributed by atoms with E-state index in [1.807, 2.05) is 35.7 Å². The minimum Gasteiger partial charge on any atom is -0.493 e. The average molecular weight is 368 g/mol. The van der Waals surface area contributed by atoms with E-state index in [9.17, 15) is 4.79 Å². The van der Waals surface area contributed by atoms with Crippen molar-refractivity contribution in [2.45, 2.75) is 32.7 Å². The topological polar surface area (TPSA) is 77.8 Å². The minimum atomic E-state index is -0.304. The molecule has 1 N–H and O–H groups in total. The van der Waals surface area contributed by atoms with Gasteiger partial charge >= 0.3 is 0 Å². The molecule has 1 atom stereocenters. The number of pyridine rings is 1. The van der Waals surface area contributed by atoms with Gasteiger partial charge in [-0.1, -0.05) is 19.4 Å². The van der Waals surface area contributed by atoms with Gasteiger partial charge in [0.2, 0.25) is 0 Å². The number of carbonyl (C=O) groups is 1. The van der Waals surface area contributed by atoms with Gasteiger partial charge in [-0.2, -0.15) is 0 Å². The third-order valence-corrected chi connectivity index (χ3v) is 4.26. The lowest BCUT2D eigenvalue weighted by Gasteiger charge is -2.14. The molecule has 0 spiro atoms. The van der Waals surface area contributed by atoms with Crippen molar-refractivity contribution in [3.63, 3.8) is 0 Å². The lowest BCUT2D eigenvalue weighted by molar-refractivity contribution is 0.0937. The van der Waals surface area contributed by atoms with Crippen molar-refractivity contribution in [3.05, 3.63) is 54.0 Å². The normalized spacial score (nSPS) is 12.0. The van der Waals surface area contributed by atoms with E-state index in [-0.39, 0.29) is 11.9 Å². The lowest BCUT2D eigenvalue weighted by Crippen LogP contribution is -2.28. The van der Waals surface area contributed by atoms with Gasteiger partial charge in [0.15, 0.2) is 23.0 Å². The fourth-order valence-electron chi connectivity index (χ4n) is 2.75. The van der Waals surface area contributed by atoms with E-state index in [1.54, 1.807) is 25.3 Å². The van der Waals surface area contributed by atoms with Crippen LogP contribution < -0.4 is 14.8 Å². The Morgan fingerprint density at radius 3 is 2.85 bits per heavy atom. The predicted molar refractivity (Wildman–Crippen MR) is 102 cm³/mol. The van der Waals surface area contributed by atoms with Gasteiger partial charge in [0.05, 0.1) is 19.8 Å². The number of unbranched alkanes of at least 4 members (excludes halogenated alkanes) is 1. The number of ether oxygens (including phenoxy) is 2. The Morgan fingerprint density at radius 1 is 1.22 bits per heavy atom. The summed E-state index contributed by atoms with van der Waals surface area (Å²) in [7, 11) is 1.56. The highest BCUT2D eigenvalue weighted by Gasteiger charge is 2.18. The van der Waals surface area contributed by atoms with Crippen LogP contribution in [0, 0.1) is 0 Å². The standard InChI is InChI=1S/C20H24N4O3/c1-4-5-12-27-16-10-9-15(13-17(16)26-3)20(25)21-14(2)19-23-22-18-8-6-7-11-24(18)19/h6-11,13-14H,4-5,12H2,1-3H3,(H,21,25). The summed E-state index contributed by atoms with van der Waals surface area (Å²) >= 11 is 0. The van der Waals surface area contributed by atoms with Gasteiger partial charge < -0.3 is 14.8 Å². The number of carbonyl (C=O) groups excluding carboxylic acids is 1. The summed E-state index contributed by atoms with van der Waals surface area (Å²) in [6, 6.07) is 10.5. The van der Waals surface area contributed by atoms with Crippen LogP contribution in [0.4, 0.5) is 0 Å². The average Bonchev–Trinajstić information content (AvgIpc) is 3.12. The Hall–Kier alpha value is -3.09. The molecule has 0 fully saturated rings. The maximum Gasteiger partial charge on any atom is 0.252 e. The van der Waals surface area contributed by atoms with E-state index >= 15 is 0 Å². The molecule has 0 aliphatic heterocycles. The highest BCUT2D eigenvalue weighted by atomic mass is 16.5. The first kappa shape index (κ1) is 18.7. The Labute approximate surface area is 158 Å². The van der Waals surface area contributed by atoms with Crippen LogP contribution in [0.3, 0.4) is 0 Å².